The zero-order valence-corrected chi connectivity index (χ0v) is 17.9. The number of carbonyl (C=O) groups excluding carboxylic acids is 2. The standard InChI is InChI=1S/C23H33N3O2.ClH/c27-22(26-20-7-3-4-8-20)17-11-9-16(10-12-17)14-25-23(28)21-13-18-5-1-2-6-19(18)15-24-21;/h1-2,5-6,16-17,20-21,24H,3-4,7-15H2,(H,25,28)(H,26,27);1H. The van der Waals surface area contributed by atoms with E-state index in [0.717, 1.165) is 58.0 Å². The van der Waals surface area contributed by atoms with Crippen molar-refractivity contribution in [2.24, 2.45) is 11.8 Å². The molecule has 1 unspecified atom stereocenters. The lowest BCUT2D eigenvalue weighted by atomic mass is 9.81. The van der Waals surface area contributed by atoms with Crippen LogP contribution in [0.5, 0.6) is 0 Å². The molecule has 1 aromatic rings. The summed E-state index contributed by atoms with van der Waals surface area (Å²) in [5.41, 5.74) is 2.57. The lowest BCUT2D eigenvalue weighted by Gasteiger charge is -2.30. The van der Waals surface area contributed by atoms with Gasteiger partial charge in [0.1, 0.15) is 0 Å². The van der Waals surface area contributed by atoms with Gasteiger partial charge in [-0.2, -0.15) is 0 Å². The van der Waals surface area contributed by atoms with Crippen LogP contribution in [0.1, 0.15) is 62.5 Å². The van der Waals surface area contributed by atoms with E-state index < -0.39 is 0 Å². The quantitative estimate of drug-likeness (QED) is 0.686. The molecule has 3 N–H and O–H groups in total. The molecule has 6 heteroatoms. The first-order chi connectivity index (χ1) is 13.7. The number of halogens is 1. The van der Waals surface area contributed by atoms with Crippen molar-refractivity contribution in [2.45, 2.75) is 76.4 Å². The molecule has 0 saturated heterocycles. The van der Waals surface area contributed by atoms with Gasteiger partial charge < -0.3 is 16.0 Å². The summed E-state index contributed by atoms with van der Waals surface area (Å²) in [6.45, 7) is 1.49. The largest absolute Gasteiger partial charge is 0.354 e. The highest BCUT2D eigenvalue weighted by Gasteiger charge is 2.29. The molecule has 0 aromatic heterocycles. The first-order valence-electron chi connectivity index (χ1n) is 11.1. The van der Waals surface area contributed by atoms with Crippen molar-refractivity contribution in [3.05, 3.63) is 35.4 Å². The van der Waals surface area contributed by atoms with Crippen molar-refractivity contribution >= 4 is 24.2 Å². The first-order valence-corrected chi connectivity index (χ1v) is 11.1. The highest BCUT2D eigenvalue weighted by molar-refractivity contribution is 5.85. The summed E-state index contributed by atoms with van der Waals surface area (Å²) in [6.07, 6.45) is 9.52. The zero-order valence-electron chi connectivity index (χ0n) is 17.1. The Labute approximate surface area is 180 Å². The molecule has 2 aliphatic carbocycles. The minimum atomic E-state index is -0.136. The number of hydrogen-bond acceptors (Lipinski definition) is 3. The van der Waals surface area contributed by atoms with Gasteiger partial charge in [0.15, 0.2) is 0 Å². The second kappa shape index (κ2) is 10.4. The normalized spacial score (nSPS) is 26.8. The van der Waals surface area contributed by atoms with E-state index in [1.165, 1.54) is 24.0 Å². The molecule has 3 aliphatic rings. The fraction of sp³-hybridized carbons (Fsp3) is 0.652. The van der Waals surface area contributed by atoms with Crippen LogP contribution < -0.4 is 16.0 Å². The van der Waals surface area contributed by atoms with Crippen LogP contribution in [0.15, 0.2) is 24.3 Å². The summed E-state index contributed by atoms with van der Waals surface area (Å²) in [6, 6.07) is 8.61. The third-order valence-corrected chi connectivity index (χ3v) is 6.88. The molecular weight excluding hydrogens is 386 g/mol. The summed E-state index contributed by atoms with van der Waals surface area (Å²) >= 11 is 0. The van der Waals surface area contributed by atoms with Crippen LogP contribution in [0.25, 0.3) is 0 Å². The average Bonchev–Trinajstić information content (AvgIpc) is 3.25. The Morgan fingerprint density at radius 2 is 1.62 bits per heavy atom. The molecule has 2 amide bonds. The maximum absolute atomic E-state index is 12.6. The molecular formula is C23H34ClN3O2. The van der Waals surface area contributed by atoms with Crippen LogP contribution in [-0.4, -0.2) is 30.4 Å². The molecule has 4 rings (SSSR count). The fourth-order valence-electron chi connectivity index (χ4n) is 5.03. The molecule has 1 aromatic carbocycles. The van der Waals surface area contributed by atoms with Crippen molar-refractivity contribution in [1.82, 2.24) is 16.0 Å². The lowest BCUT2D eigenvalue weighted by Crippen LogP contribution is -2.48. The van der Waals surface area contributed by atoms with Gasteiger partial charge in [-0.3, -0.25) is 9.59 Å². The van der Waals surface area contributed by atoms with Gasteiger partial charge in [-0.25, -0.2) is 0 Å². The summed E-state index contributed by atoms with van der Waals surface area (Å²) < 4.78 is 0. The van der Waals surface area contributed by atoms with Crippen LogP contribution in [0.3, 0.4) is 0 Å². The van der Waals surface area contributed by atoms with Gasteiger partial charge in [-0.05, 0) is 62.0 Å². The molecule has 160 valence electrons. The third-order valence-electron chi connectivity index (χ3n) is 6.88. The summed E-state index contributed by atoms with van der Waals surface area (Å²) in [5.74, 6) is 1.04. The highest BCUT2D eigenvalue weighted by atomic mass is 35.5. The van der Waals surface area contributed by atoms with E-state index in [1.807, 2.05) is 12.1 Å². The number of fused-ring (bicyclic) bond motifs is 1. The molecule has 0 radical (unpaired) electrons. The molecule has 0 spiro atoms. The number of hydrogen-bond donors (Lipinski definition) is 3. The van der Waals surface area contributed by atoms with Crippen LogP contribution >= 0.6 is 12.4 Å². The Morgan fingerprint density at radius 3 is 2.34 bits per heavy atom. The van der Waals surface area contributed by atoms with Crippen LogP contribution in [0, 0.1) is 11.8 Å². The third kappa shape index (κ3) is 5.73. The van der Waals surface area contributed by atoms with Crippen molar-refractivity contribution < 1.29 is 9.59 Å². The van der Waals surface area contributed by atoms with Crippen molar-refractivity contribution in [3.8, 4) is 0 Å². The van der Waals surface area contributed by atoms with E-state index in [-0.39, 0.29) is 36.2 Å². The van der Waals surface area contributed by atoms with Gasteiger partial charge in [0.05, 0.1) is 6.04 Å². The monoisotopic (exact) mass is 419 g/mol. The van der Waals surface area contributed by atoms with E-state index in [9.17, 15) is 9.59 Å². The Kier molecular flexibility index (Phi) is 7.96. The summed E-state index contributed by atoms with van der Waals surface area (Å²) in [7, 11) is 0. The van der Waals surface area contributed by atoms with E-state index in [0.29, 0.717) is 12.0 Å². The van der Waals surface area contributed by atoms with Gasteiger partial charge in [0.25, 0.3) is 0 Å². The number of rotatable bonds is 5. The molecule has 2 fully saturated rings. The van der Waals surface area contributed by atoms with Crippen molar-refractivity contribution in [1.29, 1.82) is 0 Å². The number of nitrogens with one attached hydrogen (secondary N) is 3. The van der Waals surface area contributed by atoms with E-state index >= 15 is 0 Å². The Balaban J connectivity index is 0.00000240. The van der Waals surface area contributed by atoms with Gasteiger partial charge in [-0.15, -0.1) is 12.4 Å². The number of benzene rings is 1. The first kappa shape index (κ1) is 22.1. The molecule has 0 bridgehead atoms. The van der Waals surface area contributed by atoms with Gasteiger partial charge in [-0.1, -0.05) is 37.1 Å². The Morgan fingerprint density at radius 1 is 0.931 bits per heavy atom. The minimum Gasteiger partial charge on any atom is -0.354 e. The van der Waals surface area contributed by atoms with Gasteiger partial charge >= 0.3 is 0 Å². The second-order valence-electron chi connectivity index (χ2n) is 8.86. The van der Waals surface area contributed by atoms with E-state index in [2.05, 4.69) is 28.1 Å². The van der Waals surface area contributed by atoms with Gasteiger partial charge in [0.2, 0.25) is 11.8 Å². The molecule has 1 aliphatic heterocycles. The summed E-state index contributed by atoms with van der Waals surface area (Å²) in [4.78, 5) is 25.0. The maximum atomic E-state index is 12.6. The molecule has 1 atom stereocenters. The van der Waals surface area contributed by atoms with Crippen molar-refractivity contribution in [2.75, 3.05) is 6.54 Å². The Bertz CT molecular complexity index is 697. The highest BCUT2D eigenvalue weighted by Crippen LogP contribution is 2.29. The zero-order chi connectivity index (χ0) is 19.3. The topological polar surface area (TPSA) is 70.2 Å². The van der Waals surface area contributed by atoms with E-state index in [1.54, 1.807) is 0 Å². The maximum Gasteiger partial charge on any atom is 0.237 e. The molecule has 29 heavy (non-hydrogen) atoms. The van der Waals surface area contributed by atoms with Crippen LogP contribution in [0.4, 0.5) is 0 Å². The SMILES string of the molecule is Cl.O=C(NC1CCCC1)C1CCC(CNC(=O)C2Cc3ccccc3CN2)CC1. The number of carbonyl (C=O) groups is 2. The average molecular weight is 420 g/mol. The predicted octanol–water partition coefficient (Wildman–Crippen LogP) is 3.10. The van der Waals surface area contributed by atoms with Crippen LogP contribution in [0.2, 0.25) is 0 Å². The summed E-state index contributed by atoms with van der Waals surface area (Å²) in [5, 5.41) is 9.76. The lowest BCUT2D eigenvalue weighted by molar-refractivity contribution is -0.127. The molecule has 1 heterocycles. The Hall–Kier alpha value is -1.59. The molecule has 2 saturated carbocycles. The predicted molar refractivity (Wildman–Crippen MR) is 117 cm³/mol. The smallest absolute Gasteiger partial charge is 0.237 e. The number of amides is 2. The molecule has 5 nitrogen and oxygen atoms in total. The van der Waals surface area contributed by atoms with Gasteiger partial charge in [0, 0.05) is 25.0 Å². The fourth-order valence-corrected chi connectivity index (χ4v) is 5.03. The van der Waals surface area contributed by atoms with E-state index in [4.69, 9.17) is 0 Å². The minimum absolute atomic E-state index is 0. The second-order valence-corrected chi connectivity index (χ2v) is 8.86. The van der Waals surface area contributed by atoms with Crippen molar-refractivity contribution in [3.63, 3.8) is 0 Å². The van der Waals surface area contributed by atoms with Crippen LogP contribution in [-0.2, 0) is 22.6 Å².